The van der Waals surface area contributed by atoms with E-state index in [1.807, 2.05) is 7.05 Å². The van der Waals surface area contributed by atoms with Crippen LogP contribution >= 0.6 is 11.8 Å². The van der Waals surface area contributed by atoms with E-state index in [0.29, 0.717) is 23.1 Å². The Morgan fingerprint density at radius 1 is 1.16 bits per heavy atom. The number of benzene rings is 1. The Kier molecular flexibility index (Phi) is 4.85. The van der Waals surface area contributed by atoms with Crippen LogP contribution in [0, 0.1) is 23.5 Å². The zero-order valence-electron chi connectivity index (χ0n) is 11.6. The van der Waals surface area contributed by atoms with Crippen molar-refractivity contribution in [3.8, 4) is 0 Å². The first-order valence-electron chi connectivity index (χ1n) is 6.80. The molecule has 4 unspecified atom stereocenters. The summed E-state index contributed by atoms with van der Waals surface area (Å²) in [6.45, 7) is 4.52. The van der Waals surface area contributed by atoms with Crippen molar-refractivity contribution in [1.29, 1.82) is 0 Å². The number of hydrogen-bond acceptors (Lipinski definition) is 2. The van der Waals surface area contributed by atoms with Gasteiger partial charge in [0, 0.05) is 16.2 Å². The third-order valence-electron chi connectivity index (χ3n) is 3.92. The molecule has 1 saturated carbocycles. The van der Waals surface area contributed by atoms with Gasteiger partial charge >= 0.3 is 0 Å². The maximum Gasteiger partial charge on any atom is 0.159 e. The monoisotopic (exact) mass is 285 g/mol. The number of rotatable bonds is 3. The van der Waals surface area contributed by atoms with Crippen LogP contribution in [0.1, 0.15) is 26.7 Å². The molecule has 2 rings (SSSR count). The van der Waals surface area contributed by atoms with Crippen LogP contribution in [0.15, 0.2) is 23.1 Å². The minimum absolute atomic E-state index is 0.408. The largest absolute Gasteiger partial charge is 0.316 e. The molecule has 0 aromatic heterocycles. The lowest BCUT2D eigenvalue weighted by Gasteiger charge is -2.39. The van der Waals surface area contributed by atoms with Crippen molar-refractivity contribution in [3.05, 3.63) is 29.8 Å². The molecule has 1 aromatic rings. The van der Waals surface area contributed by atoms with Crippen molar-refractivity contribution in [3.63, 3.8) is 0 Å². The molecule has 19 heavy (non-hydrogen) atoms. The molecule has 0 amide bonds. The summed E-state index contributed by atoms with van der Waals surface area (Å²) in [5.74, 6) is -0.253. The summed E-state index contributed by atoms with van der Waals surface area (Å²) in [5.41, 5.74) is 0. The topological polar surface area (TPSA) is 12.0 Å². The van der Waals surface area contributed by atoms with Gasteiger partial charge < -0.3 is 5.32 Å². The Labute approximate surface area is 118 Å². The summed E-state index contributed by atoms with van der Waals surface area (Å²) in [6, 6.07) is 4.61. The van der Waals surface area contributed by atoms with Crippen LogP contribution in [0.4, 0.5) is 8.78 Å². The molecular weight excluding hydrogens is 264 g/mol. The maximum absolute atomic E-state index is 13.3. The van der Waals surface area contributed by atoms with Crippen LogP contribution in [0.3, 0.4) is 0 Å². The highest BCUT2D eigenvalue weighted by molar-refractivity contribution is 8.00. The molecule has 1 N–H and O–H groups in total. The Morgan fingerprint density at radius 2 is 1.89 bits per heavy atom. The molecular formula is C15H21F2NS. The van der Waals surface area contributed by atoms with Gasteiger partial charge in [-0.1, -0.05) is 13.8 Å². The highest BCUT2D eigenvalue weighted by Crippen LogP contribution is 2.39. The summed E-state index contributed by atoms with van der Waals surface area (Å²) >= 11 is 1.66. The first kappa shape index (κ1) is 14.8. The molecule has 1 aliphatic rings. The van der Waals surface area contributed by atoms with E-state index in [1.54, 1.807) is 17.8 Å². The summed E-state index contributed by atoms with van der Waals surface area (Å²) < 4.78 is 26.2. The molecule has 4 atom stereocenters. The molecule has 106 valence electrons. The summed E-state index contributed by atoms with van der Waals surface area (Å²) in [4.78, 5) is 0.811. The van der Waals surface area contributed by atoms with E-state index in [4.69, 9.17) is 0 Å². The number of thioether (sulfide) groups is 1. The molecule has 1 nitrogen and oxygen atoms in total. The molecule has 0 heterocycles. The fourth-order valence-electron chi connectivity index (χ4n) is 3.02. The predicted molar refractivity (Wildman–Crippen MR) is 76.4 cm³/mol. The average Bonchev–Trinajstić information content (AvgIpc) is 2.36. The quantitative estimate of drug-likeness (QED) is 0.898. The standard InChI is InChI=1S/C15H21F2NS/c1-9-6-10(2)15(14(7-9)18-3)19-11-4-5-12(16)13(17)8-11/h4-5,8-10,14-15,18H,6-7H2,1-3H3. The molecule has 0 aliphatic heterocycles. The van der Waals surface area contributed by atoms with Crippen LogP contribution < -0.4 is 5.32 Å². The van der Waals surface area contributed by atoms with Gasteiger partial charge in [0.05, 0.1) is 0 Å². The van der Waals surface area contributed by atoms with Crippen LogP contribution in [0.2, 0.25) is 0 Å². The van der Waals surface area contributed by atoms with E-state index in [0.717, 1.165) is 11.3 Å². The smallest absolute Gasteiger partial charge is 0.159 e. The van der Waals surface area contributed by atoms with E-state index in [2.05, 4.69) is 19.2 Å². The fraction of sp³-hybridized carbons (Fsp3) is 0.600. The predicted octanol–water partition coefficient (Wildman–Crippen LogP) is 4.08. The molecule has 1 aliphatic carbocycles. The van der Waals surface area contributed by atoms with Gasteiger partial charge in [-0.2, -0.15) is 0 Å². The number of nitrogens with one attached hydrogen (secondary N) is 1. The summed E-state index contributed by atoms with van der Waals surface area (Å²) in [5, 5.41) is 3.78. The van der Waals surface area contributed by atoms with Gasteiger partial charge in [-0.05, 0) is 49.9 Å². The van der Waals surface area contributed by atoms with E-state index in [-0.39, 0.29) is 0 Å². The van der Waals surface area contributed by atoms with Crippen LogP contribution in [-0.4, -0.2) is 18.3 Å². The van der Waals surface area contributed by atoms with Gasteiger partial charge in [0.2, 0.25) is 0 Å². The number of halogens is 2. The van der Waals surface area contributed by atoms with Gasteiger partial charge in [-0.25, -0.2) is 8.78 Å². The van der Waals surface area contributed by atoms with Crippen LogP contribution in [0.25, 0.3) is 0 Å². The van der Waals surface area contributed by atoms with Crippen molar-refractivity contribution >= 4 is 11.8 Å². The third kappa shape index (κ3) is 3.48. The first-order valence-corrected chi connectivity index (χ1v) is 7.68. The fourth-order valence-corrected chi connectivity index (χ4v) is 4.40. The van der Waals surface area contributed by atoms with Crippen molar-refractivity contribution in [2.45, 2.75) is 42.9 Å². The van der Waals surface area contributed by atoms with Gasteiger partial charge in [0.15, 0.2) is 11.6 Å². The van der Waals surface area contributed by atoms with Crippen molar-refractivity contribution in [2.75, 3.05) is 7.05 Å². The maximum atomic E-state index is 13.3. The minimum atomic E-state index is -0.778. The van der Waals surface area contributed by atoms with E-state index in [1.165, 1.54) is 18.6 Å². The molecule has 1 aromatic carbocycles. The minimum Gasteiger partial charge on any atom is -0.316 e. The Morgan fingerprint density at radius 3 is 2.53 bits per heavy atom. The molecule has 4 heteroatoms. The highest BCUT2D eigenvalue weighted by Gasteiger charge is 2.33. The number of hydrogen-bond donors (Lipinski definition) is 1. The molecule has 0 bridgehead atoms. The lowest BCUT2D eigenvalue weighted by atomic mass is 9.80. The van der Waals surface area contributed by atoms with E-state index in [9.17, 15) is 8.78 Å². The second-order valence-electron chi connectivity index (χ2n) is 5.61. The summed E-state index contributed by atoms with van der Waals surface area (Å²) in [7, 11) is 1.98. The zero-order valence-corrected chi connectivity index (χ0v) is 12.4. The van der Waals surface area contributed by atoms with E-state index >= 15 is 0 Å². The Bertz CT molecular complexity index is 438. The van der Waals surface area contributed by atoms with Crippen LogP contribution in [0.5, 0.6) is 0 Å². The van der Waals surface area contributed by atoms with Crippen molar-refractivity contribution < 1.29 is 8.78 Å². The second-order valence-corrected chi connectivity index (χ2v) is 6.86. The lowest BCUT2D eigenvalue weighted by Crippen LogP contribution is -2.44. The third-order valence-corrected chi connectivity index (χ3v) is 5.51. The SMILES string of the molecule is CNC1CC(C)CC(C)C1Sc1ccc(F)c(F)c1. The molecule has 0 spiro atoms. The second kappa shape index (κ2) is 6.23. The average molecular weight is 285 g/mol. The van der Waals surface area contributed by atoms with Crippen LogP contribution in [-0.2, 0) is 0 Å². The van der Waals surface area contributed by atoms with Gasteiger partial charge in [-0.3, -0.25) is 0 Å². The van der Waals surface area contributed by atoms with Crippen molar-refractivity contribution in [1.82, 2.24) is 5.32 Å². The normalized spacial score (nSPS) is 31.4. The van der Waals surface area contributed by atoms with Gasteiger partial charge in [0.25, 0.3) is 0 Å². The van der Waals surface area contributed by atoms with Gasteiger partial charge in [0.1, 0.15) is 0 Å². The molecule has 0 radical (unpaired) electrons. The van der Waals surface area contributed by atoms with Crippen molar-refractivity contribution in [2.24, 2.45) is 11.8 Å². The molecule has 1 fully saturated rings. The first-order chi connectivity index (χ1) is 9.01. The zero-order chi connectivity index (χ0) is 14.0. The molecule has 0 saturated heterocycles. The Balaban J connectivity index is 2.13. The summed E-state index contributed by atoms with van der Waals surface area (Å²) in [6.07, 6.45) is 2.34. The lowest BCUT2D eigenvalue weighted by molar-refractivity contribution is 0.257. The van der Waals surface area contributed by atoms with Gasteiger partial charge in [-0.15, -0.1) is 11.8 Å². The highest BCUT2D eigenvalue weighted by atomic mass is 32.2. The van der Waals surface area contributed by atoms with E-state index < -0.39 is 11.6 Å². The Hall–Kier alpha value is -0.610.